The summed E-state index contributed by atoms with van der Waals surface area (Å²) in [4.78, 5) is 23.2. The first kappa shape index (κ1) is 25.6. The van der Waals surface area contributed by atoms with Gasteiger partial charge in [0.1, 0.15) is 18.1 Å². The van der Waals surface area contributed by atoms with E-state index in [2.05, 4.69) is 10.4 Å². The van der Waals surface area contributed by atoms with Crippen molar-refractivity contribution in [2.45, 2.75) is 27.0 Å². The monoisotopic (exact) mass is 548 g/mol. The molecule has 1 N–H and O–H groups in total. The van der Waals surface area contributed by atoms with Crippen LogP contribution in [0.1, 0.15) is 33.3 Å². The highest BCUT2D eigenvalue weighted by Gasteiger charge is 2.19. The normalized spacial score (nSPS) is 10.9. The fourth-order valence-electron chi connectivity index (χ4n) is 3.46. The number of aryl methyl sites for hydroxylation is 1. The average molecular weight is 550 g/mol. The third-order valence-electron chi connectivity index (χ3n) is 5.34. The van der Waals surface area contributed by atoms with Crippen molar-refractivity contribution in [3.63, 3.8) is 0 Å². The van der Waals surface area contributed by atoms with Crippen LogP contribution < -0.4 is 10.1 Å². The van der Waals surface area contributed by atoms with Gasteiger partial charge in [0.05, 0.1) is 39.6 Å². The topological polar surface area (TPSA) is 112 Å². The summed E-state index contributed by atoms with van der Waals surface area (Å²) in [6, 6.07) is 12.2. The molecule has 9 nitrogen and oxygen atoms in total. The largest absolute Gasteiger partial charge is 0.484 e. The van der Waals surface area contributed by atoms with Gasteiger partial charge in [0, 0.05) is 16.1 Å². The highest BCUT2D eigenvalue weighted by Crippen LogP contribution is 2.30. The number of hydrogen-bond acceptors (Lipinski definition) is 6. The van der Waals surface area contributed by atoms with E-state index in [9.17, 15) is 14.9 Å². The Kier molecular flexibility index (Phi) is 7.53. The zero-order valence-corrected chi connectivity index (χ0v) is 21.3. The molecule has 0 radical (unpaired) electrons. The first-order chi connectivity index (χ1) is 17.1. The van der Waals surface area contributed by atoms with Gasteiger partial charge in [0.15, 0.2) is 5.76 Å². The molecule has 0 unspecified atom stereocenters. The highest BCUT2D eigenvalue weighted by atomic mass is 35.5. The van der Waals surface area contributed by atoms with Crippen molar-refractivity contribution in [1.82, 2.24) is 9.78 Å². The van der Waals surface area contributed by atoms with Crippen LogP contribution in [0.5, 0.6) is 5.75 Å². The molecule has 4 aromatic rings. The van der Waals surface area contributed by atoms with E-state index in [1.54, 1.807) is 29.8 Å². The van der Waals surface area contributed by atoms with Crippen LogP contribution in [0, 0.1) is 24.0 Å². The summed E-state index contributed by atoms with van der Waals surface area (Å²) in [6.45, 7) is 3.95. The van der Waals surface area contributed by atoms with Crippen molar-refractivity contribution in [2.24, 2.45) is 0 Å². The lowest BCUT2D eigenvalue weighted by molar-refractivity contribution is -0.384. The van der Waals surface area contributed by atoms with E-state index in [0.717, 1.165) is 11.3 Å². The molecule has 2 aromatic carbocycles. The Morgan fingerprint density at radius 1 is 1.11 bits per heavy atom. The van der Waals surface area contributed by atoms with Gasteiger partial charge in [-0.05, 0) is 49.7 Å². The van der Waals surface area contributed by atoms with Gasteiger partial charge in [-0.3, -0.25) is 19.6 Å². The molecule has 0 bridgehead atoms. The molecule has 0 saturated heterocycles. The Labute approximate surface area is 220 Å². The zero-order chi connectivity index (χ0) is 26.0. The number of benzene rings is 2. The van der Waals surface area contributed by atoms with Crippen LogP contribution in [0.25, 0.3) is 0 Å². The number of nitrogens with one attached hydrogen (secondary N) is 1. The molecule has 0 aliphatic carbocycles. The first-order valence-corrected chi connectivity index (χ1v) is 11.7. The molecule has 2 aromatic heterocycles. The van der Waals surface area contributed by atoms with E-state index in [-0.39, 0.29) is 28.8 Å². The van der Waals surface area contributed by atoms with Crippen molar-refractivity contribution in [3.05, 3.63) is 102 Å². The van der Waals surface area contributed by atoms with Crippen LogP contribution in [-0.2, 0) is 13.2 Å². The summed E-state index contributed by atoms with van der Waals surface area (Å²) in [5, 5.41) is 19.6. The average Bonchev–Trinajstić information content (AvgIpc) is 3.40. The molecule has 12 heteroatoms. The number of aromatic nitrogens is 2. The lowest BCUT2D eigenvalue weighted by atomic mass is 10.2. The minimum absolute atomic E-state index is 0.0611. The van der Waals surface area contributed by atoms with Gasteiger partial charge in [-0.2, -0.15) is 5.10 Å². The number of furan rings is 1. The molecule has 0 saturated carbocycles. The number of nitro groups is 1. The van der Waals surface area contributed by atoms with Crippen LogP contribution in [0.2, 0.25) is 15.1 Å². The van der Waals surface area contributed by atoms with E-state index in [4.69, 9.17) is 44.0 Å². The van der Waals surface area contributed by atoms with Crippen molar-refractivity contribution >= 4 is 52.1 Å². The molecular weight excluding hydrogens is 531 g/mol. The fourth-order valence-corrected chi connectivity index (χ4v) is 4.10. The van der Waals surface area contributed by atoms with E-state index in [1.807, 2.05) is 13.0 Å². The van der Waals surface area contributed by atoms with E-state index >= 15 is 0 Å². The Morgan fingerprint density at radius 3 is 2.61 bits per heavy atom. The maximum absolute atomic E-state index is 12.8. The van der Waals surface area contributed by atoms with Crippen LogP contribution in [0.15, 0.2) is 52.9 Å². The Morgan fingerprint density at radius 2 is 1.89 bits per heavy atom. The second-order valence-electron chi connectivity index (χ2n) is 7.82. The molecule has 36 heavy (non-hydrogen) atoms. The van der Waals surface area contributed by atoms with E-state index in [1.165, 1.54) is 24.3 Å². The second-order valence-corrected chi connectivity index (χ2v) is 9.07. The highest BCUT2D eigenvalue weighted by molar-refractivity contribution is 6.35. The number of hydrogen-bond donors (Lipinski definition) is 1. The van der Waals surface area contributed by atoms with E-state index in [0.29, 0.717) is 33.7 Å². The van der Waals surface area contributed by atoms with Gasteiger partial charge in [-0.15, -0.1) is 0 Å². The predicted octanol–water partition coefficient (Wildman–Crippen LogP) is 6.84. The summed E-state index contributed by atoms with van der Waals surface area (Å²) in [5.74, 6) is 0.0629. The van der Waals surface area contributed by atoms with Gasteiger partial charge in [0.25, 0.3) is 11.6 Å². The van der Waals surface area contributed by atoms with Crippen molar-refractivity contribution < 1.29 is 18.9 Å². The third-order valence-corrected chi connectivity index (χ3v) is 6.24. The zero-order valence-electron chi connectivity index (χ0n) is 19.0. The maximum Gasteiger partial charge on any atom is 0.291 e. The number of nitro benzene ring substituents is 1. The minimum Gasteiger partial charge on any atom is -0.484 e. The Bertz CT molecular complexity index is 1460. The first-order valence-electron chi connectivity index (χ1n) is 10.6. The number of carbonyl (C=O) groups excluding carboxylic acids is 1. The van der Waals surface area contributed by atoms with Crippen LogP contribution in [0.3, 0.4) is 0 Å². The standard InChI is InChI=1S/C24H19Cl3N4O5/c1-13-23(14(2)30(29-13)11-15-3-4-16(25)9-20(15)27)28-24(32)21-8-6-18(36-21)12-35-22-10-17(31(33)34)5-7-19(22)26/h3-10H,11-12H2,1-2H3,(H,28,32). The van der Waals surface area contributed by atoms with Crippen LogP contribution >= 0.6 is 34.8 Å². The van der Waals surface area contributed by atoms with Crippen molar-refractivity contribution in [3.8, 4) is 5.75 Å². The molecule has 0 fully saturated rings. The van der Waals surface area contributed by atoms with Gasteiger partial charge >= 0.3 is 0 Å². The Balaban J connectivity index is 1.43. The molecule has 0 aliphatic heterocycles. The van der Waals surface area contributed by atoms with Gasteiger partial charge in [0.2, 0.25) is 0 Å². The summed E-state index contributed by atoms with van der Waals surface area (Å²) in [5.41, 5.74) is 2.61. The molecule has 186 valence electrons. The second kappa shape index (κ2) is 10.6. The number of carbonyl (C=O) groups is 1. The van der Waals surface area contributed by atoms with Gasteiger partial charge in [-0.25, -0.2) is 0 Å². The summed E-state index contributed by atoms with van der Waals surface area (Å²) >= 11 is 18.3. The minimum atomic E-state index is -0.547. The van der Waals surface area contributed by atoms with Gasteiger partial charge < -0.3 is 14.5 Å². The summed E-state index contributed by atoms with van der Waals surface area (Å²) in [7, 11) is 0. The van der Waals surface area contributed by atoms with Crippen LogP contribution in [0.4, 0.5) is 11.4 Å². The molecule has 0 aliphatic rings. The number of nitrogens with zero attached hydrogens (tertiary/aromatic N) is 3. The number of rotatable bonds is 8. The lowest BCUT2D eigenvalue weighted by Gasteiger charge is -2.08. The number of ether oxygens (including phenoxy) is 1. The number of anilines is 1. The molecule has 4 rings (SSSR count). The molecule has 2 heterocycles. The summed E-state index contributed by atoms with van der Waals surface area (Å²) < 4.78 is 12.9. The Hall–Kier alpha value is -3.53. The van der Waals surface area contributed by atoms with E-state index < -0.39 is 10.8 Å². The molecule has 1 amide bonds. The predicted molar refractivity (Wildman–Crippen MR) is 136 cm³/mol. The maximum atomic E-state index is 12.8. The molecule has 0 atom stereocenters. The molecule has 0 spiro atoms. The number of non-ortho nitro benzene ring substituents is 1. The SMILES string of the molecule is Cc1nn(Cc2ccc(Cl)cc2Cl)c(C)c1NC(=O)c1ccc(COc2cc([N+](=O)[O-])ccc2Cl)o1. The lowest BCUT2D eigenvalue weighted by Crippen LogP contribution is -2.12. The van der Waals surface area contributed by atoms with Crippen LogP contribution in [-0.4, -0.2) is 20.6 Å². The van der Waals surface area contributed by atoms with Gasteiger partial charge in [-0.1, -0.05) is 40.9 Å². The van der Waals surface area contributed by atoms with Crippen molar-refractivity contribution in [2.75, 3.05) is 5.32 Å². The summed E-state index contributed by atoms with van der Waals surface area (Å²) in [6.07, 6.45) is 0. The van der Waals surface area contributed by atoms with Crippen molar-refractivity contribution in [1.29, 1.82) is 0 Å². The smallest absolute Gasteiger partial charge is 0.291 e. The number of amides is 1. The fraction of sp³-hybridized carbons (Fsp3) is 0.167. The molecular formula is C24H19Cl3N4O5. The third kappa shape index (κ3) is 5.64. The quantitative estimate of drug-likeness (QED) is 0.190. The number of halogens is 3.